The molecule has 6 heteroatoms. The Kier molecular flexibility index (Phi) is 5.48. The highest BCUT2D eigenvalue weighted by Crippen LogP contribution is 2.09. The van der Waals surface area contributed by atoms with Crippen LogP contribution in [0.5, 0.6) is 0 Å². The zero-order valence-electron chi connectivity index (χ0n) is 9.78. The first kappa shape index (κ1) is 13.2. The maximum atomic E-state index is 11.3. The van der Waals surface area contributed by atoms with Gasteiger partial charge in [-0.3, -0.25) is 4.79 Å². The summed E-state index contributed by atoms with van der Waals surface area (Å²) >= 11 is 5.14. The molecule has 0 spiro atoms. The monoisotopic (exact) mass is 245 g/mol. The highest BCUT2D eigenvalue weighted by Gasteiger charge is 2.22. The van der Waals surface area contributed by atoms with E-state index in [9.17, 15) is 4.79 Å². The second-order valence-electron chi connectivity index (χ2n) is 3.90. The second kappa shape index (κ2) is 6.65. The van der Waals surface area contributed by atoms with Gasteiger partial charge in [0.1, 0.15) is 0 Å². The van der Waals surface area contributed by atoms with Gasteiger partial charge in [0.2, 0.25) is 5.91 Å². The van der Waals surface area contributed by atoms with Crippen molar-refractivity contribution < 1.29 is 9.53 Å². The predicted molar refractivity (Wildman–Crippen MR) is 66.3 cm³/mol. The molecule has 1 rings (SSSR count). The van der Waals surface area contributed by atoms with Gasteiger partial charge in [-0.05, 0) is 18.6 Å². The molecular weight excluding hydrogens is 226 g/mol. The van der Waals surface area contributed by atoms with Gasteiger partial charge in [0, 0.05) is 39.7 Å². The van der Waals surface area contributed by atoms with Gasteiger partial charge in [-0.1, -0.05) is 0 Å². The molecule has 0 aromatic heterocycles. The smallest absolute Gasteiger partial charge is 0.222 e. The number of hydrogen-bond acceptors (Lipinski definition) is 3. The van der Waals surface area contributed by atoms with E-state index < -0.39 is 0 Å². The van der Waals surface area contributed by atoms with E-state index >= 15 is 0 Å². The first-order chi connectivity index (χ1) is 7.63. The van der Waals surface area contributed by atoms with Crippen molar-refractivity contribution in [3.8, 4) is 0 Å². The number of hydrogen-bond donors (Lipinski definition) is 2. The Bertz CT molecular complexity index is 260. The van der Waals surface area contributed by atoms with E-state index in [1.54, 1.807) is 12.0 Å². The van der Waals surface area contributed by atoms with Crippen molar-refractivity contribution in [3.05, 3.63) is 0 Å². The van der Waals surface area contributed by atoms with Crippen LogP contribution in [0.3, 0.4) is 0 Å². The van der Waals surface area contributed by atoms with Gasteiger partial charge in [0.15, 0.2) is 5.11 Å². The number of amides is 1. The Hall–Kier alpha value is -0.880. The number of likely N-dealkylation sites (tertiary alicyclic amines) is 1. The third kappa shape index (κ3) is 4.32. The van der Waals surface area contributed by atoms with E-state index in [1.165, 1.54) is 0 Å². The molecule has 1 heterocycles. The fraction of sp³-hybridized carbons (Fsp3) is 0.800. The number of likely N-dealkylation sites (N-methyl/N-ethyl adjacent to an activating group) is 1. The molecule has 1 amide bonds. The Labute approximate surface area is 102 Å². The minimum atomic E-state index is 0.205. The number of carbonyl (C=O) groups is 1. The summed E-state index contributed by atoms with van der Waals surface area (Å²) in [5, 5.41) is 6.88. The van der Waals surface area contributed by atoms with Crippen LogP contribution in [0.2, 0.25) is 0 Å². The normalized spacial score (nSPS) is 20.8. The Morgan fingerprint density at radius 3 is 3.06 bits per heavy atom. The number of methoxy groups -OCH3 is 1. The average Bonchev–Trinajstić information content (AvgIpc) is 2.24. The highest BCUT2D eigenvalue weighted by molar-refractivity contribution is 7.80. The third-order valence-electron chi connectivity index (χ3n) is 2.55. The molecule has 0 saturated carbocycles. The van der Waals surface area contributed by atoms with E-state index in [0.29, 0.717) is 31.2 Å². The summed E-state index contributed by atoms with van der Waals surface area (Å²) in [5.41, 5.74) is 0. The zero-order chi connectivity index (χ0) is 12.0. The molecule has 1 atom stereocenters. The largest absolute Gasteiger partial charge is 0.383 e. The molecule has 0 bridgehead atoms. The van der Waals surface area contributed by atoms with Crippen LogP contribution in [0.4, 0.5) is 0 Å². The Morgan fingerprint density at radius 2 is 2.44 bits per heavy atom. The molecule has 5 nitrogen and oxygen atoms in total. The Morgan fingerprint density at radius 1 is 1.69 bits per heavy atom. The molecular formula is C10H19N3O2S. The fourth-order valence-corrected chi connectivity index (χ4v) is 1.90. The van der Waals surface area contributed by atoms with E-state index in [4.69, 9.17) is 17.0 Å². The molecule has 1 aliphatic heterocycles. The number of thiocarbonyl (C=S) groups is 1. The molecule has 16 heavy (non-hydrogen) atoms. The molecule has 92 valence electrons. The van der Waals surface area contributed by atoms with E-state index in [-0.39, 0.29) is 11.9 Å². The van der Waals surface area contributed by atoms with Gasteiger partial charge >= 0.3 is 0 Å². The number of rotatable bonds is 4. The van der Waals surface area contributed by atoms with Crippen LogP contribution in [0.1, 0.15) is 12.8 Å². The van der Waals surface area contributed by atoms with E-state index in [1.807, 2.05) is 7.05 Å². The molecule has 1 saturated heterocycles. The average molecular weight is 245 g/mol. The Balaban J connectivity index is 2.21. The zero-order valence-corrected chi connectivity index (χ0v) is 10.6. The van der Waals surface area contributed by atoms with Gasteiger partial charge < -0.3 is 20.3 Å². The van der Waals surface area contributed by atoms with Crippen molar-refractivity contribution in [2.45, 2.75) is 18.9 Å². The van der Waals surface area contributed by atoms with Crippen molar-refractivity contribution >= 4 is 23.2 Å². The quantitative estimate of drug-likeness (QED) is 0.527. The van der Waals surface area contributed by atoms with Crippen LogP contribution in [-0.4, -0.2) is 55.8 Å². The molecule has 0 aliphatic carbocycles. The van der Waals surface area contributed by atoms with Crippen molar-refractivity contribution in [2.24, 2.45) is 0 Å². The van der Waals surface area contributed by atoms with Crippen LogP contribution < -0.4 is 10.6 Å². The molecule has 1 unspecified atom stereocenters. The fourth-order valence-electron chi connectivity index (χ4n) is 1.63. The summed E-state index contributed by atoms with van der Waals surface area (Å²) in [5.74, 6) is 0.205. The minimum Gasteiger partial charge on any atom is -0.383 e. The summed E-state index contributed by atoms with van der Waals surface area (Å²) in [7, 11) is 3.47. The predicted octanol–water partition coefficient (Wildman–Crippen LogP) is -0.282. The van der Waals surface area contributed by atoms with Crippen LogP contribution in [0.25, 0.3) is 0 Å². The number of piperidine rings is 1. The van der Waals surface area contributed by atoms with E-state index in [2.05, 4.69) is 10.6 Å². The van der Waals surface area contributed by atoms with Gasteiger partial charge in [-0.25, -0.2) is 0 Å². The highest BCUT2D eigenvalue weighted by atomic mass is 32.1. The number of carbonyl (C=O) groups excluding carboxylic acids is 1. The van der Waals surface area contributed by atoms with Gasteiger partial charge in [-0.15, -0.1) is 0 Å². The summed E-state index contributed by atoms with van der Waals surface area (Å²) in [6, 6.07) is 0.255. The lowest BCUT2D eigenvalue weighted by Crippen LogP contribution is -2.51. The topological polar surface area (TPSA) is 53.6 Å². The minimum absolute atomic E-state index is 0.205. The van der Waals surface area contributed by atoms with Crippen molar-refractivity contribution in [3.63, 3.8) is 0 Å². The SMILES string of the molecule is COCCNC(=S)NC1CCC(=O)N(C)C1. The molecule has 2 N–H and O–H groups in total. The van der Waals surface area contributed by atoms with E-state index in [0.717, 1.165) is 6.42 Å². The van der Waals surface area contributed by atoms with Crippen LogP contribution in [0.15, 0.2) is 0 Å². The van der Waals surface area contributed by atoms with Crippen molar-refractivity contribution in [1.29, 1.82) is 0 Å². The molecule has 0 aromatic rings. The van der Waals surface area contributed by atoms with Crippen LogP contribution in [-0.2, 0) is 9.53 Å². The van der Waals surface area contributed by atoms with Crippen LogP contribution >= 0.6 is 12.2 Å². The molecule has 1 fully saturated rings. The van der Waals surface area contributed by atoms with Gasteiger partial charge in [0.25, 0.3) is 0 Å². The summed E-state index contributed by atoms with van der Waals surface area (Å²) in [6.07, 6.45) is 1.43. The summed E-state index contributed by atoms with van der Waals surface area (Å²) in [4.78, 5) is 13.0. The van der Waals surface area contributed by atoms with Crippen LogP contribution in [0, 0.1) is 0 Å². The van der Waals surface area contributed by atoms with Gasteiger partial charge in [0.05, 0.1) is 6.61 Å². The number of nitrogens with one attached hydrogen (secondary N) is 2. The van der Waals surface area contributed by atoms with Gasteiger partial charge in [-0.2, -0.15) is 0 Å². The van der Waals surface area contributed by atoms with Crippen molar-refractivity contribution in [1.82, 2.24) is 15.5 Å². The maximum Gasteiger partial charge on any atom is 0.222 e. The maximum absolute atomic E-state index is 11.3. The number of nitrogens with zero attached hydrogens (tertiary/aromatic N) is 1. The number of ether oxygens (including phenoxy) is 1. The molecule has 0 radical (unpaired) electrons. The molecule has 0 aromatic carbocycles. The summed E-state index contributed by atoms with van der Waals surface area (Å²) in [6.45, 7) is 2.04. The van der Waals surface area contributed by atoms with Crippen molar-refractivity contribution in [2.75, 3.05) is 33.9 Å². The summed E-state index contributed by atoms with van der Waals surface area (Å²) < 4.78 is 4.91. The standard InChI is InChI=1S/C10H19N3O2S/c1-13-7-8(3-4-9(13)14)12-10(16)11-5-6-15-2/h8H,3-7H2,1-2H3,(H2,11,12,16). The lowest BCUT2D eigenvalue weighted by Gasteiger charge is -2.30. The third-order valence-corrected chi connectivity index (χ3v) is 2.82. The second-order valence-corrected chi connectivity index (χ2v) is 4.31. The lowest BCUT2D eigenvalue weighted by atomic mass is 10.1. The first-order valence-electron chi connectivity index (χ1n) is 5.40. The lowest BCUT2D eigenvalue weighted by molar-refractivity contribution is -0.132. The molecule has 1 aliphatic rings. The first-order valence-corrected chi connectivity index (χ1v) is 5.81.